The summed E-state index contributed by atoms with van der Waals surface area (Å²) < 4.78 is 0. The molecule has 1 aliphatic rings. The second-order valence-corrected chi connectivity index (χ2v) is 4.69. The number of nitrogens with two attached hydrogens (primary N) is 1. The number of piperidine rings is 1. The van der Waals surface area contributed by atoms with E-state index >= 15 is 0 Å². The van der Waals surface area contributed by atoms with E-state index in [-0.39, 0.29) is 6.10 Å². The molecular weight excluding hydrogens is 190 g/mol. The summed E-state index contributed by atoms with van der Waals surface area (Å²) in [4.78, 5) is 4.74. The molecular formula is C11H25N3O. The van der Waals surface area contributed by atoms with E-state index in [4.69, 9.17) is 5.73 Å². The Morgan fingerprint density at radius 2 is 2.07 bits per heavy atom. The quantitative estimate of drug-likeness (QED) is 0.662. The molecule has 15 heavy (non-hydrogen) atoms. The fraction of sp³-hybridized carbons (Fsp3) is 1.00. The van der Waals surface area contributed by atoms with Gasteiger partial charge in [-0.1, -0.05) is 0 Å². The third kappa shape index (κ3) is 4.47. The minimum atomic E-state index is -0.335. The molecule has 0 aromatic carbocycles. The van der Waals surface area contributed by atoms with Crippen molar-refractivity contribution in [1.82, 2.24) is 9.80 Å². The summed E-state index contributed by atoms with van der Waals surface area (Å²) in [6.45, 7) is 3.71. The molecule has 1 rings (SSSR count). The van der Waals surface area contributed by atoms with E-state index < -0.39 is 0 Å². The van der Waals surface area contributed by atoms with Gasteiger partial charge in [0.2, 0.25) is 0 Å². The minimum absolute atomic E-state index is 0.335. The molecule has 1 heterocycles. The monoisotopic (exact) mass is 215 g/mol. The molecule has 3 N–H and O–H groups in total. The lowest BCUT2D eigenvalue weighted by Gasteiger charge is -2.35. The van der Waals surface area contributed by atoms with Crippen LogP contribution in [0.15, 0.2) is 0 Å². The van der Waals surface area contributed by atoms with Gasteiger partial charge in [-0.3, -0.25) is 0 Å². The summed E-state index contributed by atoms with van der Waals surface area (Å²) in [6, 6.07) is 0.686. The Bertz CT molecular complexity index is 169. The second-order valence-electron chi connectivity index (χ2n) is 4.69. The Morgan fingerprint density at radius 3 is 2.60 bits per heavy atom. The summed E-state index contributed by atoms with van der Waals surface area (Å²) >= 11 is 0. The van der Waals surface area contributed by atoms with E-state index in [2.05, 4.69) is 23.9 Å². The van der Waals surface area contributed by atoms with E-state index in [1.165, 1.54) is 25.9 Å². The third-order valence-corrected chi connectivity index (χ3v) is 3.40. The van der Waals surface area contributed by atoms with Crippen molar-refractivity contribution < 1.29 is 5.11 Å². The maximum Gasteiger partial charge on any atom is 0.0674 e. The Kier molecular flexibility index (Phi) is 5.53. The SMILES string of the molecule is CN1CCC(N(C)CCC(O)CN)CC1. The molecule has 0 spiro atoms. The molecule has 0 bridgehead atoms. The summed E-state index contributed by atoms with van der Waals surface area (Å²) in [5.74, 6) is 0. The standard InChI is InChI=1S/C11H25N3O/c1-13-6-3-10(4-7-13)14(2)8-5-11(15)9-12/h10-11,15H,3-9,12H2,1-2H3. The van der Waals surface area contributed by atoms with E-state index in [9.17, 15) is 5.11 Å². The molecule has 0 aromatic heterocycles. The molecule has 1 aliphatic heterocycles. The van der Waals surface area contributed by atoms with Crippen LogP contribution in [0.25, 0.3) is 0 Å². The van der Waals surface area contributed by atoms with Crippen LogP contribution in [-0.2, 0) is 0 Å². The zero-order chi connectivity index (χ0) is 11.3. The Morgan fingerprint density at radius 1 is 1.47 bits per heavy atom. The van der Waals surface area contributed by atoms with Gasteiger partial charge in [-0.25, -0.2) is 0 Å². The van der Waals surface area contributed by atoms with Crippen molar-refractivity contribution in [2.75, 3.05) is 40.3 Å². The van der Waals surface area contributed by atoms with Crippen LogP contribution in [0, 0.1) is 0 Å². The summed E-state index contributed by atoms with van der Waals surface area (Å²) in [6.07, 6.45) is 2.94. The molecule has 1 atom stereocenters. The molecule has 1 saturated heterocycles. The Balaban J connectivity index is 2.19. The van der Waals surface area contributed by atoms with Crippen LogP contribution in [0.3, 0.4) is 0 Å². The topological polar surface area (TPSA) is 52.7 Å². The van der Waals surface area contributed by atoms with Gasteiger partial charge in [-0.2, -0.15) is 0 Å². The molecule has 0 amide bonds. The van der Waals surface area contributed by atoms with Crippen LogP contribution >= 0.6 is 0 Å². The lowest BCUT2D eigenvalue weighted by atomic mass is 10.0. The number of nitrogens with zero attached hydrogens (tertiary/aromatic N) is 2. The van der Waals surface area contributed by atoms with E-state index in [1.54, 1.807) is 0 Å². The molecule has 0 saturated carbocycles. The van der Waals surface area contributed by atoms with Gasteiger partial charge in [-0.05, 0) is 46.4 Å². The van der Waals surface area contributed by atoms with Crippen LogP contribution in [0.2, 0.25) is 0 Å². The molecule has 4 nitrogen and oxygen atoms in total. The van der Waals surface area contributed by atoms with Gasteiger partial charge >= 0.3 is 0 Å². The zero-order valence-corrected chi connectivity index (χ0v) is 10.0. The van der Waals surface area contributed by atoms with Crippen molar-refractivity contribution in [2.24, 2.45) is 5.73 Å². The second kappa shape index (κ2) is 6.43. The van der Waals surface area contributed by atoms with E-state index in [0.717, 1.165) is 13.0 Å². The van der Waals surface area contributed by atoms with Gasteiger partial charge in [0.15, 0.2) is 0 Å². The highest BCUT2D eigenvalue weighted by molar-refractivity contribution is 4.77. The van der Waals surface area contributed by atoms with Crippen molar-refractivity contribution in [3.63, 3.8) is 0 Å². The first-order valence-corrected chi connectivity index (χ1v) is 5.90. The Labute approximate surface area is 93.0 Å². The number of aliphatic hydroxyl groups is 1. The van der Waals surface area contributed by atoms with Gasteiger partial charge < -0.3 is 20.6 Å². The first kappa shape index (κ1) is 12.9. The average molecular weight is 215 g/mol. The first-order chi connectivity index (χ1) is 7.13. The van der Waals surface area contributed by atoms with Gasteiger partial charge in [0.05, 0.1) is 6.10 Å². The van der Waals surface area contributed by atoms with Crippen LogP contribution in [0.4, 0.5) is 0 Å². The molecule has 1 fully saturated rings. The number of aliphatic hydroxyl groups excluding tert-OH is 1. The Hall–Kier alpha value is -0.160. The molecule has 0 aliphatic carbocycles. The van der Waals surface area contributed by atoms with Crippen molar-refractivity contribution in [2.45, 2.75) is 31.4 Å². The van der Waals surface area contributed by atoms with E-state index in [0.29, 0.717) is 12.6 Å². The summed E-state index contributed by atoms with van der Waals surface area (Å²) in [5.41, 5.74) is 5.38. The first-order valence-electron chi connectivity index (χ1n) is 5.90. The summed E-state index contributed by atoms with van der Waals surface area (Å²) in [5, 5.41) is 9.39. The van der Waals surface area contributed by atoms with Crippen LogP contribution in [0.1, 0.15) is 19.3 Å². The van der Waals surface area contributed by atoms with Crippen LogP contribution < -0.4 is 5.73 Å². The largest absolute Gasteiger partial charge is 0.392 e. The van der Waals surface area contributed by atoms with Crippen molar-refractivity contribution in [3.8, 4) is 0 Å². The highest BCUT2D eigenvalue weighted by atomic mass is 16.3. The number of hydrogen-bond donors (Lipinski definition) is 2. The number of likely N-dealkylation sites (tertiary alicyclic amines) is 1. The van der Waals surface area contributed by atoms with Gasteiger partial charge in [0.1, 0.15) is 0 Å². The van der Waals surface area contributed by atoms with E-state index in [1.807, 2.05) is 0 Å². The van der Waals surface area contributed by atoms with Crippen LogP contribution in [0.5, 0.6) is 0 Å². The fourth-order valence-corrected chi connectivity index (χ4v) is 2.09. The molecule has 0 radical (unpaired) electrons. The van der Waals surface area contributed by atoms with Crippen molar-refractivity contribution in [3.05, 3.63) is 0 Å². The lowest BCUT2D eigenvalue weighted by Crippen LogP contribution is -2.43. The fourth-order valence-electron chi connectivity index (χ4n) is 2.09. The summed E-state index contributed by atoms with van der Waals surface area (Å²) in [7, 11) is 4.33. The molecule has 90 valence electrons. The average Bonchev–Trinajstić information content (AvgIpc) is 2.26. The third-order valence-electron chi connectivity index (χ3n) is 3.40. The predicted octanol–water partition coefficient (Wildman–Crippen LogP) is -0.278. The zero-order valence-electron chi connectivity index (χ0n) is 10.0. The van der Waals surface area contributed by atoms with Gasteiger partial charge in [0, 0.05) is 19.1 Å². The van der Waals surface area contributed by atoms with Crippen molar-refractivity contribution >= 4 is 0 Å². The highest BCUT2D eigenvalue weighted by Gasteiger charge is 2.20. The molecule has 0 aromatic rings. The smallest absolute Gasteiger partial charge is 0.0674 e. The lowest BCUT2D eigenvalue weighted by molar-refractivity contribution is 0.113. The number of rotatable bonds is 5. The van der Waals surface area contributed by atoms with Gasteiger partial charge in [-0.15, -0.1) is 0 Å². The normalized spacial score (nSPS) is 22.2. The molecule has 1 unspecified atom stereocenters. The van der Waals surface area contributed by atoms with Gasteiger partial charge in [0.25, 0.3) is 0 Å². The highest BCUT2D eigenvalue weighted by Crippen LogP contribution is 2.14. The molecule has 4 heteroatoms. The minimum Gasteiger partial charge on any atom is -0.392 e. The maximum absolute atomic E-state index is 9.39. The number of hydrogen-bond acceptors (Lipinski definition) is 4. The van der Waals surface area contributed by atoms with Crippen molar-refractivity contribution in [1.29, 1.82) is 0 Å². The predicted molar refractivity (Wildman–Crippen MR) is 62.8 cm³/mol. The maximum atomic E-state index is 9.39. The van der Waals surface area contributed by atoms with Crippen LogP contribution in [-0.4, -0.2) is 67.3 Å².